The molecule has 3 aromatic carbocycles. The number of rotatable bonds is 16. The third kappa shape index (κ3) is 11.2. The minimum atomic E-state index is -1.01. The van der Waals surface area contributed by atoms with Gasteiger partial charge < -0.3 is 29.5 Å². The predicted octanol–water partition coefficient (Wildman–Crippen LogP) is 6.68. The quantitative estimate of drug-likeness (QED) is 0.176. The summed E-state index contributed by atoms with van der Waals surface area (Å²) < 4.78 is 30.9. The second-order valence-corrected chi connectivity index (χ2v) is 9.93. The second kappa shape index (κ2) is 16.8. The lowest BCUT2D eigenvalue weighted by molar-refractivity contribution is -0.149. The van der Waals surface area contributed by atoms with Gasteiger partial charge in [0.15, 0.2) is 6.10 Å². The normalized spacial score (nSPS) is 11.6. The number of hydrogen-bond donors (Lipinski definition) is 2. The van der Waals surface area contributed by atoms with Crippen LogP contribution in [-0.4, -0.2) is 61.0 Å². The number of ether oxygens (including phenoxy) is 3. The van der Waals surface area contributed by atoms with Crippen molar-refractivity contribution in [3.63, 3.8) is 0 Å². The molecule has 2 amide bonds. The van der Waals surface area contributed by atoms with Crippen LogP contribution in [0.3, 0.4) is 0 Å². The third-order valence-electron chi connectivity index (χ3n) is 5.93. The molecule has 220 valence electrons. The Morgan fingerprint density at radius 1 is 0.976 bits per heavy atom. The number of carbonyl (C=O) groups is 2. The van der Waals surface area contributed by atoms with E-state index in [2.05, 4.69) is 5.32 Å². The molecule has 0 aliphatic heterocycles. The van der Waals surface area contributed by atoms with Crippen molar-refractivity contribution in [2.75, 3.05) is 38.2 Å². The lowest BCUT2D eigenvalue weighted by Crippen LogP contribution is -2.39. The zero-order chi connectivity index (χ0) is 29.6. The Morgan fingerprint density at radius 2 is 1.68 bits per heavy atom. The van der Waals surface area contributed by atoms with Crippen molar-refractivity contribution in [2.24, 2.45) is 0 Å². The van der Waals surface area contributed by atoms with E-state index >= 15 is 0 Å². The van der Waals surface area contributed by atoms with Crippen molar-refractivity contribution in [2.45, 2.75) is 32.5 Å². The van der Waals surface area contributed by atoms with E-state index in [0.717, 1.165) is 11.1 Å². The highest BCUT2D eigenvalue weighted by Gasteiger charge is 2.18. The van der Waals surface area contributed by atoms with Crippen LogP contribution in [0.25, 0.3) is 0 Å². The summed E-state index contributed by atoms with van der Waals surface area (Å²) in [5.74, 6) is -0.981. The van der Waals surface area contributed by atoms with Crippen molar-refractivity contribution >= 4 is 40.9 Å². The van der Waals surface area contributed by atoms with Crippen LogP contribution < -0.4 is 10.1 Å². The average Bonchev–Trinajstić information content (AvgIpc) is 2.93. The molecular formula is C30H33Cl2FN2O6. The van der Waals surface area contributed by atoms with Gasteiger partial charge in [0, 0.05) is 36.2 Å². The maximum Gasteiger partial charge on any atom is 0.333 e. The van der Waals surface area contributed by atoms with Crippen molar-refractivity contribution in [3.05, 3.63) is 93.7 Å². The monoisotopic (exact) mass is 606 g/mol. The summed E-state index contributed by atoms with van der Waals surface area (Å²) in [5, 5.41) is 12.9. The van der Waals surface area contributed by atoms with E-state index in [0.29, 0.717) is 48.6 Å². The van der Waals surface area contributed by atoms with Gasteiger partial charge in [-0.1, -0.05) is 47.5 Å². The van der Waals surface area contributed by atoms with Gasteiger partial charge in [0.25, 0.3) is 0 Å². The summed E-state index contributed by atoms with van der Waals surface area (Å²) in [5.41, 5.74) is 1.72. The molecule has 0 spiro atoms. The lowest BCUT2D eigenvalue weighted by atomic mass is 10.1. The van der Waals surface area contributed by atoms with Gasteiger partial charge in [0.2, 0.25) is 0 Å². The first-order valence-corrected chi connectivity index (χ1v) is 13.9. The SMILES string of the molecule is CCOC(Cc1ccc(OCCN(CCCOCc2cc(Cl)cc(Cl)c2)C(=O)Nc2ccccc2F)cc1)C(=O)O. The Balaban J connectivity index is 1.53. The summed E-state index contributed by atoms with van der Waals surface area (Å²) in [6.07, 6.45) is -0.154. The molecule has 0 aliphatic carbocycles. The Kier molecular flexibility index (Phi) is 13.2. The largest absolute Gasteiger partial charge is 0.492 e. The molecule has 1 unspecified atom stereocenters. The first-order valence-electron chi connectivity index (χ1n) is 13.1. The number of anilines is 1. The molecule has 0 fully saturated rings. The van der Waals surface area contributed by atoms with Gasteiger partial charge in [-0.05, 0) is 66.9 Å². The van der Waals surface area contributed by atoms with Gasteiger partial charge in [-0.3, -0.25) is 0 Å². The van der Waals surface area contributed by atoms with Gasteiger partial charge >= 0.3 is 12.0 Å². The molecule has 2 N–H and O–H groups in total. The Bertz CT molecular complexity index is 1260. The van der Waals surface area contributed by atoms with Crippen LogP contribution in [0.5, 0.6) is 5.75 Å². The summed E-state index contributed by atoms with van der Waals surface area (Å²) in [7, 11) is 0. The fourth-order valence-corrected chi connectivity index (χ4v) is 4.51. The van der Waals surface area contributed by atoms with Crippen LogP contribution in [0.1, 0.15) is 24.5 Å². The minimum absolute atomic E-state index is 0.0832. The maximum absolute atomic E-state index is 14.1. The molecular weight excluding hydrogens is 574 g/mol. The number of hydrogen-bond acceptors (Lipinski definition) is 5. The van der Waals surface area contributed by atoms with Crippen LogP contribution in [0.2, 0.25) is 10.0 Å². The first-order chi connectivity index (χ1) is 19.7. The number of aliphatic carboxylic acids is 1. The molecule has 0 radical (unpaired) electrons. The lowest BCUT2D eigenvalue weighted by Gasteiger charge is -2.23. The predicted molar refractivity (Wildman–Crippen MR) is 156 cm³/mol. The molecule has 3 rings (SSSR count). The van der Waals surface area contributed by atoms with Crippen LogP contribution in [-0.2, 0) is 27.3 Å². The topological polar surface area (TPSA) is 97.3 Å². The van der Waals surface area contributed by atoms with E-state index in [1.807, 2.05) is 0 Å². The Hall–Kier alpha value is -3.37. The molecule has 0 aliphatic rings. The number of nitrogens with one attached hydrogen (secondary N) is 1. The molecule has 0 saturated heterocycles. The van der Waals surface area contributed by atoms with Crippen LogP contribution in [0.15, 0.2) is 66.7 Å². The highest BCUT2D eigenvalue weighted by Crippen LogP contribution is 2.20. The van der Waals surface area contributed by atoms with Crippen molar-refractivity contribution < 1.29 is 33.3 Å². The van der Waals surface area contributed by atoms with Gasteiger partial charge in [-0.2, -0.15) is 0 Å². The number of carboxylic acid groups (broad SMARTS) is 1. The average molecular weight is 608 g/mol. The number of amides is 2. The molecule has 3 aromatic rings. The fraction of sp³-hybridized carbons (Fsp3) is 0.333. The van der Waals surface area contributed by atoms with E-state index < -0.39 is 23.9 Å². The van der Waals surface area contributed by atoms with Crippen molar-refractivity contribution in [3.8, 4) is 5.75 Å². The highest BCUT2D eigenvalue weighted by molar-refractivity contribution is 6.34. The summed E-state index contributed by atoms with van der Waals surface area (Å²) in [6, 6.07) is 17.7. The summed E-state index contributed by atoms with van der Waals surface area (Å²) in [6.45, 7) is 3.50. The molecule has 41 heavy (non-hydrogen) atoms. The highest BCUT2D eigenvalue weighted by atomic mass is 35.5. The maximum atomic E-state index is 14.1. The van der Waals surface area contributed by atoms with E-state index in [9.17, 15) is 19.1 Å². The molecule has 1 atom stereocenters. The van der Waals surface area contributed by atoms with Gasteiger partial charge in [-0.25, -0.2) is 14.0 Å². The van der Waals surface area contributed by atoms with E-state index in [-0.39, 0.29) is 25.3 Å². The zero-order valence-electron chi connectivity index (χ0n) is 22.7. The smallest absolute Gasteiger partial charge is 0.333 e. The van der Waals surface area contributed by atoms with E-state index in [1.165, 1.54) is 17.0 Å². The number of urea groups is 1. The molecule has 0 bridgehead atoms. The molecule has 8 nitrogen and oxygen atoms in total. The first kappa shape index (κ1) is 32.1. The number of carbonyl (C=O) groups excluding carboxylic acids is 1. The number of benzene rings is 3. The number of para-hydroxylation sites is 1. The second-order valence-electron chi connectivity index (χ2n) is 9.06. The number of halogens is 3. The van der Waals surface area contributed by atoms with E-state index in [4.69, 9.17) is 37.4 Å². The molecule has 0 aromatic heterocycles. The summed E-state index contributed by atoms with van der Waals surface area (Å²) >= 11 is 12.1. The van der Waals surface area contributed by atoms with Crippen LogP contribution >= 0.6 is 23.2 Å². The minimum Gasteiger partial charge on any atom is -0.492 e. The zero-order valence-corrected chi connectivity index (χ0v) is 24.2. The Labute approximate surface area is 248 Å². The molecule has 0 saturated carbocycles. The van der Waals surface area contributed by atoms with Crippen molar-refractivity contribution in [1.82, 2.24) is 4.90 Å². The van der Waals surface area contributed by atoms with Gasteiger partial charge in [0.05, 0.1) is 18.8 Å². The molecule has 0 heterocycles. The Morgan fingerprint density at radius 3 is 2.34 bits per heavy atom. The van der Waals surface area contributed by atoms with E-state index in [1.54, 1.807) is 61.5 Å². The number of nitrogens with zero attached hydrogens (tertiary/aromatic N) is 1. The summed E-state index contributed by atoms with van der Waals surface area (Å²) in [4.78, 5) is 25.8. The fourth-order valence-electron chi connectivity index (χ4n) is 3.94. The third-order valence-corrected chi connectivity index (χ3v) is 6.36. The van der Waals surface area contributed by atoms with Crippen LogP contribution in [0.4, 0.5) is 14.9 Å². The van der Waals surface area contributed by atoms with Crippen molar-refractivity contribution in [1.29, 1.82) is 0 Å². The molecule has 11 heteroatoms. The van der Waals surface area contributed by atoms with Crippen LogP contribution in [0, 0.1) is 5.82 Å². The standard InChI is InChI=1S/C30H33Cl2FN2O6/c1-2-40-28(29(36)37)18-21-8-10-25(11-9-21)41-15-13-35(30(38)34-27-7-4-3-6-26(27)33)12-5-14-39-20-22-16-23(31)19-24(32)17-22/h3-4,6-11,16-17,19,28H,2,5,12-15,18,20H2,1H3,(H,34,38)(H,36,37). The van der Waals surface area contributed by atoms with Gasteiger partial charge in [0.1, 0.15) is 18.2 Å². The van der Waals surface area contributed by atoms with Gasteiger partial charge in [-0.15, -0.1) is 0 Å². The number of carboxylic acids is 1.